The van der Waals surface area contributed by atoms with Gasteiger partial charge in [-0.05, 0) is 35.4 Å². The number of anilines is 1. The van der Waals surface area contributed by atoms with Crippen molar-refractivity contribution >= 4 is 45.9 Å². The maximum atomic E-state index is 12.8. The average molecular weight is 344 g/mol. The molecule has 0 N–H and O–H groups in total. The van der Waals surface area contributed by atoms with Gasteiger partial charge < -0.3 is 4.74 Å². The van der Waals surface area contributed by atoms with Crippen LogP contribution in [0.3, 0.4) is 0 Å². The Balaban J connectivity index is 1.99. The van der Waals surface area contributed by atoms with E-state index in [0.717, 1.165) is 16.3 Å². The number of nitrogens with zero attached hydrogens (tertiary/aromatic N) is 2. The Morgan fingerprint density at radius 2 is 2.22 bits per heavy atom. The second-order valence-corrected chi connectivity index (χ2v) is 6.92. The normalized spacial score (nSPS) is 16.1. The van der Waals surface area contributed by atoms with Crippen LogP contribution in [0.1, 0.15) is 11.8 Å². The van der Waals surface area contributed by atoms with E-state index in [9.17, 15) is 4.79 Å². The van der Waals surface area contributed by atoms with Gasteiger partial charge in [0.1, 0.15) is 11.4 Å². The van der Waals surface area contributed by atoms with Crippen LogP contribution in [0, 0.1) is 0 Å². The van der Waals surface area contributed by atoms with Gasteiger partial charge in [0.2, 0.25) is 0 Å². The molecule has 118 valence electrons. The highest BCUT2D eigenvalue weighted by Crippen LogP contribution is 2.31. The molecule has 2 heterocycles. The predicted molar refractivity (Wildman–Crippen MR) is 98.3 cm³/mol. The Kier molecular flexibility index (Phi) is 4.83. The van der Waals surface area contributed by atoms with Gasteiger partial charge >= 0.3 is 0 Å². The zero-order valence-corrected chi connectivity index (χ0v) is 14.5. The van der Waals surface area contributed by atoms with E-state index in [1.165, 1.54) is 0 Å². The van der Waals surface area contributed by atoms with Gasteiger partial charge in [0, 0.05) is 10.9 Å². The van der Waals surface area contributed by atoms with Gasteiger partial charge in [-0.15, -0.1) is 11.3 Å². The van der Waals surface area contributed by atoms with E-state index in [2.05, 4.69) is 4.99 Å². The number of thioether (sulfide) groups is 1. The minimum Gasteiger partial charge on any atom is -0.497 e. The lowest BCUT2D eigenvalue weighted by atomic mass is 10.2. The highest BCUT2D eigenvalue weighted by molar-refractivity contribution is 8.14. The first-order valence-electron chi connectivity index (χ1n) is 7.18. The van der Waals surface area contributed by atoms with Crippen molar-refractivity contribution in [3.8, 4) is 5.75 Å². The number of amides is 1. The average Bonchev–Trinajstić information content (AvgIpc) is 3.17. The van der Waals surface area contributed by atoms with Gasteiger partial charge in [-0.2, -0.15) is 0 Å². The molecule has 1 aromatic heterocycles. The van der Waals surface area contributed by atoms with E-state index >= 15 is 0 Å². The third kappa shape index (κ3) is 3.33. The number of benzene rings is 1. The fourth-order valence-electron chi connectivity index (χ4n) is 2.21. The number of hydrogen-bond donors (Lipinski definition) is 0. The Morgan fingerprint density at radius 1 is 1.35 bits per heavy atom. The third-order valence-corrected chi connectivity index (χ3v) is 4.88. The van der Waals surface area contributed by atoms with E-state index in [0.29, 0.717) is 16.6 Å². The van der Waals surface area contributed by atoms with Crippen LogP contribution in [0.2, 0.25) is 0 Å². The first-order chi connectivity index (χ1) is 11.2. The smallest absolute Gasteiger partial charge is 0.283 e. The van der Waals surface area contributed by atoms with Crippen LogP contribution in [-0.4, -0.2) is 23.9 Å². The van der Waals surface area contributed by atoms with Crippen molar-refractivity contribution in [1.29, 1.82) is 0 Å². The quantitative estimate of drug-likeness (QED) is 0.779. The van der Waals surface area contributed by atoms with Gasteiger partial charge in [-0.25, -0.2) is 4.99 Å². The van der Waals surface area contributed by atoms with Gasteiger partial charge in [0.15, 0.2) is 5.17 Å². The van der Waals surface area contributed by atoms with Crippen molar-refractivity contribution in [1.82, 2.24) is 0 Å². The SMILES string of the molecule is CCSC1=N/C(=C/c2cccs2)C(=O)N1c1cccc(OC)c1. The fourth-order valence-corrected chi connectivity index (χ4v) is 3.60. The number of carbonyl (C=O) groups is 1. The summed E-state index contributed by atoms with van der Waals surface area (Å²) in [6, 6.07) is 11.4. The van der Waals surface area contributed by atoms with Crippen LogP contribution < -0.4 is 9.64 Å². The van der Waals surface area contributed by atoms with Gasteiger partial charge in [-0.3, -0.25) is 9.69 Å². The number of amidine groups is 1. The zero-order valence-electron chi connectivity index (χ0n) is 12.9. The molecule has 1 aliphatic heterocycles. The maximum absolute atomic E-state index is 12.8. The second-order valence-electron chi connectivity index (χ2n) is 4.71. The van der Waals surface area contributed by atoms with Crippen molar-refractivity contribution < 1.29 is 9.53 Å². The predicted octanol–water partition coefficient (Wildman–Crippen LogP) is 4.25. The van der Waals surface area contributed by atoms with E-state index in [1.54, 1.807) is 35.1 Å². The molecule has 0 saturated heterocycles. The Hall–Kier alpha value is -2.05. The molecule has 0 bridgehead atoms. The maximum Gasteiger partial charge on any atom is 0.283 e. The molecule has 23 heavy (non-hydrogen) atoms. The summed E-state index contributed by atoms with van der Waals surface area (Å²) >= 11 is 3.14. The molecular formula is C17H16N2O2S2. The zero-order chi connectivity index (χ0) is 16.2. The van der Waals surface area contributed by atoms with Crippen molar-refractivity contribution in [3.63, 3.8) is 0 Å². The summed E-state index contributed by atoms with van der Waals surface area (Å²) in [4.78, 5) is 20.0. The van der Waals surface area contributed by atoms with Gasteiger partial charge in [0.25, 0.3) is 5.91 Å². The van der Waals surface area contributed by atoms with Gasteiger partial charge in [0.05, 0.1) is 12.8 Å². The largest absolute Gasteiger partial charge is 0.497 e. The minimum atomic E-state index is -0.109. The fraction of sp³-hybridized carbons (Fsp3) is 0.176. The number of aliphatic imine (C=N–C) groups is 1. The second kappa shape index (κ2) is 7.02. The van der Waals surface area contributed by atoms with Crippen LogP contribution >= 0.6 is 23.1 Å². The van der Waals surface area contributed by atoms with Crippen LogP contribution in [-0.2, 0) is 4.79 Å². The molecule has 0 radical (unpaired) electrons. The number of carbonyl (C=O) groups excluding carboxylic acids is 1. The molecule has 4 nitrogen and oxygen atoms in total. The van der Waals surface area contributed by atoms with E-state index < -0.39 is 0 Å². The van der Waals surface area contributed by atoms with E-state index in [4.69, 9.17) is 4.74 Å². The van der Waals surface area contributed by atoms with Crippen LogP contribution in [0.25, 0.3) is 6.08 Å². The van der Waals surface area contributed by atoms with E-state index in [-0.39, 0.29) is 5.91 Å². The van der Waals surface area contributed by atoms with Crippen LogP contribution in [0.5, 0.6) is 5.75 Å². The topological polar surface area (TPSA) is 41.9 Å². The van der Waals surface area contributed by atoms with Crippen molar-refractivity contribution in [3.05, 3.63) is 52.4 Å². The summed E-state index contributed by atoms with van der Waals surface area (Å²) in [5.74, 6) is 1.45. The van der Waals surface area contributed by atoms with Crippen molar-refractivity contribution in [2.24, 2.45) is 4.99 Å². The molecule has 1 aliphatic rings. The number of ether oxygens (including phenoxy) is 1. The lowest BCUT2D eigenvalue weighted by Crippen LogP contribution is -2.30. The summed E-state index contributed by atoms with van der Waals surface area (Å²) in [5, 5.41) is 2.69. The van der Waals surface area contributed by atoms with Crippen LogP contribution in [0.4, 0.5) is 5.69 Å². The summed E-state index contributed by atoms with van der Waals surface area (Å²) < 4.78 is 5.26. The number of hydrogen-bond acceptors (Lipinski definition) is 5. The number of rotatable bonds is 4. The summed E-state index contributed by atoms with van der Waals surface area (Å²) in [5.41, 5.74) is 1.23. The number of methoxy groups -OCH3 is 1. The monoisotopic (exact) mass is 344 g/mol. The van der Waals surface area contributed by atoms with Gasteiger partial charge in [-0.1, -0.05) is 30.8 Å². The van der Waals surface area contributed by atoms with Crippen LogP contribution in [0.15, 0.2) is 52.5 Å². The highest BCUT2D eigenvalue weighted by Gasteiger charge is 2.31. The summed E-state index contributed by atoms with van der Waals surface area (Å²) in [6.07, 6.45) is 1.84. The molecule has 6 heteroatoms. The Morgan fingerprint density at radius 3 is 2.91 bits per heavy atom. The standard InChI is InChI=1S/C17H16N2O2S2/c1-3-22-17-18-15(11-14-8-5-9-23-14)16(20)19(17)12-6-4-7-13(10-12)21-2/h4-11H,3H2,1-2H3/b15-11+. The molecule has 0 saturated carbocycles. The minimum absolute atomic E-state index is 0.109. The van der Waals surface area contributed by atoms with Crippen molar-refractivity contribution in [2.75, 3.05) is 17.8 Å². The molecule has 3 rings (SSSR count). The summed E-state index contributed by atoms with van der Waals surface area (Å²) in [7, 11) is 1.61. The molecule has 2 aromatic rings. The Bertz CT molecular complexity index is 767. The Labute approximate surface area is 143 Å². The molecule has 0 spiro atoms. The molecule has 0 unspecified atom stereocenters. The first-order valence-corrected chi connectivity index (χ1v) is 9.04. The lowest BCUT2D eigenvalue weighted by molar-refractivity contribution is -0.113. The van der Waals surface area contributed by atoms with E-state index in [1.807, 2.05) is 54.8 Å². The highest BCUT2D eigenvalue weighted by atomic mass is 32.2. The first kappa shape index (κ1) is 15.8. The molecule has 1 aromatic carbocycles. The summed E-state index contributed by atoms with van der Waals surface area (Å²) in [6.45, 7) is 2.04. The molecule has 1 amide bonds. The third-order valence-electron chi connectivity index (χ3n) is 3.24. The molecule has 0 aliphatic carbocycles. The molecule has 0 atom stereocenters. The molecule has 0 fully saturated rings. The number of thiophene rings is 1. The molecular weight excluding hydrogens is 328 g/mol. The lowest BCUT2D eigenvalue weighted by Gasteiger charge is -2.18. The van der Waals surface area contributed by atoms with Crippen molar-refractivity contribution in [2.45, 2.75) is 6.92 Å².